The van der Waals surface area contributed by atoms with Crippen LogP contribution in [0.1, 0.15) is 26.3 Å². The summed E-state index contributed by atoms with van der Waals surface area (Å²) < 4.78 is 4.81. The molecule has 27 heavy (non-hydrogen) atoms. The Labute approximate surface area is 161 Å². The molecule has 0 atom stereocenters. The van der Waals surface area contributed by atoms with Crippen molar-refractivity contribution in [3.63, 3.8) is 0 Å². The van der Waals surface area contributed by atoms with Crippen molar-refractivity contribution in [3.05, 3.63) is 78.4 Å². The summed E-state index contributed by atoms with van der Waals surface area (Å²) in [6.45, 7) is 9.03. The van der Waals surface area contributed by atoms with Crippen molar-refractivity contribution in [2.45, 2.75) is 33.2 Å². The summed E-state index contributed by atoms with van der Waals surface area (Å²) in [7, 11) is 2.18. The summed E-state index contributed by atoms with van der Waals surface area (Å²) in [6.07, 6.45) is 0. The molecule has 4 aromatic rings. The number of hydrogen-bond donors (Lipinski definition) is 0. The van der Waals surface area contributed by atoms with Crippen LogP contribution in [0.5, 0.6) is 0 Å². The highest BCUT2D eigenvalue weighted by molar-refractivity contribution is 5.83. The standard InChI is InChI=1S/C25H27N2/c1-18-11-9-10-14-21(18)24-26(5)22-16-15-20(19-12-7-6-8-13-19)17-23(22)27(24)25(2,3)4/h6-17H,1-5H3/q+1. The molecule has 2 nitrogen and oxygen atoms in total. The van der Waals surface area contributed by atoms with E-state index in [1.165, 1.54) is 39.1 Å². The average molecular weight is 356 g/mol. The number of fused-ring (bicyclic) bond motifs is 1. The van der Waals surface area contributed by atoms with Crippen molar-refractivity contribution in [1.82, 2.24) is 4.57 Å². The Kier molecular flexibility index (Phi) is 4.15. The Morgan fingerprint density at radius 1 is 0.778 bits per heavy atom. The van der Waals surface area contributed by atoms with Gasteiger partial charge in [0.25, 0.3) is 5.82 Å². The van der Waals surface area contributed by atoms with Crippen LogP contribution in [0.15, 0.2) is 72.8 Å². The van der Waals surface area contributed by atoms with Crippen LogP contribution in [0.25, 0.3) is 33.5 Å². The highest BCUT2D eigenvalue weighted by Crippen LogP contribution is 2.33. The molecule has 0 N–H and O–H groups in total. The first kappa shape index (κ1) is 17.5. The van der Waals surface area contributed by atoms with E-state index in [2.05, 4.69) is 117 Å². The number of rotatable bonds is 2. The zero-order chi connectivity index (χ0) is 19.2. The molecule has 136 valence electrons. The van der Waals surface area contributed by atoms with Crippen molar-refractivity contribution in [1.29, 1.82) is 0 Å². The lowest BCUT2D eigenvalue weighted by atomic mass is 10.0. The van der Waals surface area contributed by atoms with Crippen LogP contribution < -0.4 is 4.57 Å². The molecule has 1 aromatic heterocycles. The molecule has 4 rings (SSSR count). The first-order valence-corrected chi connectivity index (χ1v) is 9.54. The van der Waals surface area contributed by atoms with E-state index in [0.717, 1.165) is 0 Å². The summed E-state index contributed by atoms with van der Waals surface area (Å²) in [5, 5.41) is 0. The van der Waals surface area contributed by atoms with Crippen LogP contribution in [-0.2, 0) is 12.6 Å². The topological polar surface area (TPSA) is 8.81 Å². The van der Waals surface area contributed by atoms with Crippen LogP contribution >= 0.6 is 0 Å². The van der Waals surface area contributed by atoms with Crippen molar-refractivity contribution >= 4 is 11.0 Å². The van der Waals surface area contributed by atoms with Gasteiger partial charge in [0.2, 0.25) is 0 Å². The van der Waals surface area contributed by atoms with Gasteiger partial charge in [-0.15, -0.1) is 0 Å². The molecule has 0 fully saturated rings. The van der Waals surface area contributed by atoms with Crippen molar-refractivity contribution < 1.29 is 4.57 Å². The van der Waals surface area contributed by atoms with Crippen molar-refractivity contribution in [2.75, 3.05) is 0 Å². The Morgan fingerprint density at radius 2 is 1.44 bits per heavy atom. The molecule has 0 aliphatic carbocycles. The van der Waals surface area contributed by atoms with Crippen LogP contribution in [0.4, 0.5) is 0 Å². The summed E-state index contributed by atoms with van der Waals surface area (Å²) in [5.41, 5.74) is 7.57. The Hall–Kier alpha value is -2.87. The molecule has 2 heteroatoms. The van der Waals surface area contributed by atoms with Gasteiger partial charge in [-0.25, -0.2) is 9.13 Å². The molecule has 0 bridgehead atoms. The average Bonchev–Trinajstić information content (AvgIpc) is 2.95. The minimum absolute atomic E-state index is 0.0353. The first-order chi connectivity index (χ1) is 12.9. The maximum absolute atomic E-state index is 2.48. The SMILES string of the molecule is Cc1ccccc1-c1n(C(C)(C)C)c2cc(-c3ccccc3)ccc2[n+]1C. The summed E-state index contributed by atoms with van der Waals surface area (Å²) >= 11 is 0. The second-order valence-electron chi connectivity index (χ2n) is 8.27. The molecule has 0 aliphatic rings. The lowest BCUT2D eigenvalue weighted by molar-refractivity contribution is -0.634. The number of benzene rings is 3. The fourth-order valence-electron chi connectivity index (χ4n) is 3.98. The summed E-state index contributed by atoms with van der Waals surface area (Å²) in [4.78, 5) is 0. The smallest absolute Gasteiger partial charge is 0.226 e. The molecule has 3 aromatic carbocycles. The second kappa shape index (κ2) is 6.38. The lowest BCUT2D eigenvalue weighted by Crippen LogP contribution is -2.33. The molecule has 1 heterocycles. The van der Waals surface area contributed by atoms with Gasteiger partial charge in [0.05, 0.1) is 12.6 Å². The van der Waals surface area contributed by atoms with Gasteiger partial charge in [0.15, 0.2) is 11.0 Å². The first-order valence-electron chi connectivity index (χ1n) is 9.54. The lowest BCUT2D eigenvalue weighted by Gasteiger charge is -2.19. The minimum Gasteiger partial charge on any atom is -0.226 e. The fraction of sp³-hybridized carbons (Fsp3) is 0.240. The molecule has 0 unspecified atom stereocenters. The molecule has 0 aliphatic heterocycles. The van der Waals surface area contributed by atoms with E-state index in [1.807, 2.05) is 0 Å². The van der Waals surface area contributed by atoms with Crippen molar-refractivity contribution in [2.24, 2.45) is 7.05 Å². The number of aryl methyl sites for hydroxylation is 2. The molecule has 0 radical (unpaired) electrons. The van der Waals surface area contributed by atoms with E-state index >= 15 is 0 Å². The van der Waals surface area contributed by atoms with E-state index in [-0.39, 0.29) is 5.54 Å². The second-order valence-corrected chi connectivity index (χ2v) is 8.27. The predicted molar refractivity (Wildman–Crippen MR) is 114 cm³/mol. The van der Waals surface area contributed by atoms with Gasteiger partial charge < -0.3 is 0 Å². The monoisotopic (exact) mass is 355 g/mol. The zero-order valence-corrected chi connectivity index (χ0v) is 16.8. The van der Waals surface area contributed by atoms with Gasteiger partial charge in [-0.3, -0.25) is 0 Å². The largest absolute Gasteiger partial charge is 0.290 e. The van der Waals surface area contributed by atoms with Gasteiger partial charge in [0, 0.05) is 0 Å². The normalized spacial score (nSPS) is 11.9. The number of aromatic nitrogens is 2. The van der Waals surface area contributed by atoms with Gasteiger partial charge in [-0.05, 0) is 68.7 Å². The van der Waals surface area contributed by atoms with E-state index < -0.39 is 0 Å². The number of nitrogens with zero attached hydrogens (tertiary/aromatic N) is 2. The van der Waals surface area contributed by atoms with E-state index in [9.17, 15) is 0 Å². The third-order valence-corrected chi connectivity index (χ3v) is 5.27. The maximum atomic E-state index is 2.48. The maximum Gasteiger partial charge on any atom is 0.290 e. The van der Waals surface area contributed by atoms with Gasteiger partial charge >= 0.3 is 0 Å². The highest BCUT2D eigenvalue weighted by atomic mass is 15.2. The van der Waals surface area contributed by atoms with Crippen LogP contribution in [0, 0.1) is 6.92 Å². The number of hydrogen-bond acceptors (Lipinski definition) is 0. The number of imidazole rings is 1. The minimum atomic E-state index is -0.0353. The molecule has 0 amide bonds. The van der Waals surface area contributed by atoms with Crippen LogP contribution in [-0.4, -0.2) is 4.57 Å². The Morgan fingerprint density at radius 3 is 2.11 bits per heavy atom. The van der Waals surface area contributed by atoms with E-state index in [1.54, 1.807) is 0 Å². The van der Waals surface area contributed by atoms with E-state index in [0.29, 0.717) is 0 Å². The van der Waals surface area contributed by atoms with Crippen LogP contribution in [0.3, 0.4) is 0 Å². The Balaban J connectivity index is 2.08. The molecule has 0 saturated heterocycles. The Bertz CT molecular complexity index is 1110. The predicted octanol–water partition coefficient (Wildman–Crippen LogP) is 5.86. The third-order valence-electron chi connectivity index (χ3n) is 5.27. The van der Waals surface area contributed by atoms with Crippen LogP contribution in [0.2, 0.25) is 0 Å². The summed E-state index contributed by atoms with van der Waals surface area (Å²) in [5.74, 6) is 1.25. The fourth-order valence-corrected chi connectivity index (χ4v) is 3.98. The van der Waals surface area contributed by atoms with Gasteiger partial charge in [-0.2, -0.15) is 0 Å². The van der Waals surface area contributed by atoms with E-state index in [4.69, 9.17) is 0 Å². The van der Waals surface area contributed by atoms with Gasteiger partial charge in [-0.1, -0.05) is 48.5 Å². The quantitative estimate of drug-likeness (QED) is 0.398. The molecule has 0 spiro atoms. The molecular weight excluding hydrogens is 328 g/mol. The zero-order valence-electron chi connectivity index (χ0n) is 16.8. The van der Waals surface area contributed by atoms with Gasteiger partial charge in [0.1, 0.15) is 5.54 Å². The molecule has 0 saturated carbocycles. The summed E-state index contributed by atoms with van der Waals surface area (Å²) in [6, 6.07) is 26.1. The third kappa shape index (κ3) is 2.95. The molecular formula is C25H27N2+. The van der Waals surface area contributed by atoms with Crippen molar-refractivity contribution in [3.8, 4) is 22.5 Å². The highest BCUT2D eigenvalue weighted by Gasteiger charge is 2.32.